The highest BCUT2D eigenvalue weighted by atomic mass is 16.6. The molecule has 0 aliphatic heterocycles. The highest BCUT2D eigenvalue weighted by Crippen LogP contribution is 2.67. The Morgan fingerprint density at radius 3 is 2.33 bits per heavy atom. The van der Waals surface area contributed by atoms with Crippen LogP contribution in [0.2, 0.25) is 0 Å². The standard InChI is InChI=1S/C30H52N2O4/c1-19(31-16-17-32-27(34)36-28(3,4)5)24-10-11-25-23-9-8-21-18-22(35-20(2)33)12-14-29(21,6)26(23)13-15-30(24,25)7/h19,21-26,31H,8-18H2,1-7H3,(H,32,34)/t19?,21?,22-,23?,24+,25?,26?,29-,30+/m0/s1. The normalized spacial score (nSPS) is 40.9. The van der Waals surface area contributed by atoms with Gasteiger partial charge in [0.1, 0.15) is 11.7 Å². The van der Waals surface area contributed by atoms with Gasteiger partial charge in [-0.25, -0.2) is 4.79 Å². The van der Waals surface area contributed by atoms with Crippen molar-refractivity contribution < 1.29 is 19.1 Å². The first-order chi connectivity index (χ1) is 16.8. The van der Waals surface area contributed by atoms with Crippen LogP contribution in [0.25, 0.3) is 0 Å². The lowest BCUT2D eigenvalue weighted by molar-refractivity contribution is -0.160. The molecule has 9 atom stereocenters. The Bertz CT molecular complexity index is 809. The third kappa shape index (κ3) is 5.59. The van der Waals surface area contributed by atoms with Crippen molar-refractivity contribution in [2.45, 2.75) is 124 Å². The summed E-state index contributed by atoms with van der Waals surface area (Å²) in [5.41, 5.74) is 0.357. The topological polar surface area (TPSA) is 76.7 Å². The van der Waals surface area contributed by atoms with E-state index in [2.05, 4.69) is 31.4 Å². The van der Waals surface area contributed by atoms with Gasteiger partial charge in [0, 0.05) is 26.1 Å². The molecule has 2 N–H and O–H groups in total. The van der Waals surface area contributed by atoms with Crippen LogP contribution in [-0.4, -0.2) is 42.9 Å². The molecule has 0 aromatic heterocycles. The van der Waals surface area contributed by atoms with E-state index < -0.39 is 5.60 Å². The fraction of sp³-hybridized carbons (Fsp3) is 0.933. The number of rotatable bonds is 6. The van der Waals surface area contributed by atoms with Gasteiger partial charge in [-0.05, 0) is 126 Å². The van der Waals surface area contributed by atoms with Crippen LogP contribution in [0.1, 0.15) is 106 Å². The van der Waals surface area contributed by atoms with Crippen LogP contribution in [0.3, 0.4) is 0 Å². The molecule has 0 radical (unpaired) electrons. The molecule has 0 saturated heterocycles. The summed E-state index contributed by atoms with van der Waals surface area (Å²) in [6.45, 7) is 16.1. The fourth-order valence-corrected chi connectivity index (χ4v) is 9.34. The lowest BCUT2D eigenvalue weighted by Gasteiger charge is -2.61. The third-order valence-electron chi connectivity index (χ3n) is 10.9. The molecule has 36 heavy (non-hydrogen) atoms. The van der Waals surface area contributed by atoms with Gasteiger partial charge in [-0.1, -0.05) is 13.8 Å². The largest absolute Gasteiger partial charge is 0.463 e. The first-order valence-electron chi connectivity index (χ1n) is 14.7. The number of ether oxygens (including phenoxy) is 2. The minimum atomic E-state index is -0.463. The molecule has 4 aliphatic carbocycles. The third-order valence-corrected chi connectivity index (χ3v) is 10.9. The quantitative estimate of drug-likeness (QED) is 0.339. The highest BCUT2D eigenvalue weighted by molar-refractivity contribution is 5.67. The number of alkyl carbamates (subject to hydrolysis) is 1. The average molecular weight is 505 g/mol. The fourth-order valence-electron chi connectivity index (χ4n) is 9.34. The van der Waals surface area contributed by atoms with Crippen molar-refractivity contribution in [3.63, 3.8) is 0 Å². The van der Waals surface area contributed by atoms with Crippen molar-refractivity contribution in [2.75, 3.05) is 13.1 Å². The number of hydrogen-bond donors (Lipinski definition) is 2. The van der Waals surface area contributed by atoms with Gasteiger partial charge in [-0.15, -0.1) is 0 Å². The monoisotopic (exact) mass is 504 g/mol. The van der Waals surface area contributed by atoms with E-state index in [4.69, 9.17) is 9.47 Å². The molecule has 4 saturated carbocycles. The molecule has 4 rings (SSSR count). The molecular weight excluding hydrogens is 452 g/mol. The van der Waals surface area contributed by atoms with Crippen molar-refractivity contribution >= 4 is 12.1 Å². The van der Waals surface area contributed by atoms with Crippen LogP contribution in [0, 0.1) is 40.4 Å². The molecule has 4 aliphatic rings. The molecule has 6 heteroatoms. The van der Waals surface area contributed by atoms with Crippen LogP contribution in [0.15, 0.2) is 0 Å². The minimum Gasteiger partial charge on any atom is -0.463 e. The number of esters is 1. The van der Waals surface area contributed by atoms with Crippen LogP contribution in [0.5, 0.6) is 0 Å². The first-order valence-corrected chi connectivity index (χ1v) is 14.7. The zero-order chi connectivity index (χ0) is 26.3. The van der Waals surface area contributed by atoms with E-state index in [0.29, 0.717) is 35.3 Å². The second-order valence-corrected chi connectivity index (χ2v) is 14.1. The van der Waals surface area contributed by atoms with Crippen molar-refractivity contribution in [3.05, 3.63) is 0 Å². The summed E-state index contributed by atoms with van der Waals surface area (Å²) < 4.78 is 11.0. The Morgan fingerprint density at radius 1 is 0.944 bits per heavy atom. The maximum Gasteiger partial charge on any atom is 0.407 e. The summed E-state index contributed by atoms with van der Waals surface area (Å²) in [5.74, 6) is 3.78. The number of carbonyl (C=O) groups is 2. The number of nitrogens with one attached hydrogen (secondary N) is 2. The molecule has 0 aromatic rings. The number of carbonyl (C=O) groups excluding carboxylic acids is 2. The molecule has 0 bridgehead atoms. The maximum atomic E-state index is 11.9. The molecule has 1 amide bonds. The summed E-state index contributed by atoms with van der Waals surface area (Å²) in [6, 6.07) is 0.447. The van der Waals surface area contributed by atoms with E-state index in [1.165, 1.54) is 44.9 Å². The van der Waals surface area contributed by atoms with E-state index in [1.807, 2.05) is 20.8 Å². The second kappa shape index (κ2) is 10.5. The zero-order valence-corrected chi connectivity index (χ0v) is 24.0. The van der Waals surface area contributed by atoms with Gasteiger partial charge in [-0.3, -0.25) is 4.79 Å². The first kappa shape index (κ1) is 27.7. The molecule has 0 heterocycles. The van der Waals surface area contributed by atoms with Gasteiger partial charge in [0.25, 0.3) is 0 Å². The van der Waals surface area contributed by atoms with Gasteiger partial charge < -0.3 is 20.1 Å². The Labute approximate surface area is 219 Å². The van der Waals surface area contributed by atoms with Crippen LogP contribution >= 0.6 is 0 Å². The van der Waals surface area contributed by atoms with Crippen LogP contribution in [0.4, 0.5) is 4.79 Å². The van der Waals surface area contributed by atoms with E-state index >= 15 is 0 Å². The molecule has 0 spiro atoms. The van der Waals surface area contributed by atoms with E-state index in [1.54, 1.807) is 6.92 Å². The summed E-state index contributed by atoms with van der Waals surface area (Å²) in [5, 5.41) is 6.62. The number of fused-ring (bicyclic) bond motifs is 5. The summed E-state index contributed by atoms with van der Waals surface area (Å²) in [4.78, 5) is 23.5. The van der Waals surface area contributed by atoms with Gasteiger partial charge in [0.15, 0.2) is 0 Å². The smallest absolute Gasteiger partial charge is 0.407 e. The Morgan fingerprint density at radius 2 is 1.64 bits per heavy atom. The predicted octanol–water partition coefficient (Wildman–Crippen LogP) is 6.08. The number of amides is 1. The molecular formula is C30H52N2O4. The Hall–Kier alpha value is -1.30. The van der Waals surface area contributed by atoms with Crippen molar-refractivity contribution in [2.24, 2.45) is 40.4 Å². The number of hydrogen-bond acceptors (Lipinski definition) is 5. The van der Waals surface area contributed by atoms with Gasteiger partial charge in [0.05, 0.1) is 0 Å². The molecule has 0 aromatic carbocycles. The highest BCUT2D eigenvalue weighted by Gasteiger charge is 2.60. The lowest BCUT2D eigenvalue weighted by atomic mass is 9.44. The Balaban J connectivity index is 1.32. The summed E-state index contributed by atoms with van der Waals surface area (Å²) in [6.07, 6.45) is 11.1. The van der Waals surface area contributed by atoms with E-state index in [9.17, 15) is 9.59 Å². The van der Waals surface area contributed by atoms with E-state index in [-0.39, 0.29) is 18.2 Å². The molecule has 206 valence electrons. The Kier molecular flexibility index (Phi) is 8.05. The van der Waals surface area contributed by atoms with E-state index in [0.717, 1.165) is 37.1 Å². The van der Waals surface area contributed by atoms with Gasteiger partial charge in [0.2, 0.25) is 0 Å². The van der Waals surface area contributed by atoms with Crippen molar-refractivity contribution in [3.8, 4) is 0 Å². The molecule has 6 nitrogen and oxygen atoms in total. The van der Waals surface area contributed by atoms with Crippen LogP contribution < -0.4 is 10.6 Å². The van der Waals surface area contributed by atoms with Gasteiger partial charge in [-0.2, -0.15) is 0 Å². The predicted molar refractivity (Wildman–Crippen MR) is 142 cm³/mol. The van der Waals surface area contributed by atoms with Crippen LogP contribution in [-0.2, 0) is 14.3 Å². The van der Waals surface area contributed by atoms with Crippen molar-refractivity contribution in [1.29, 1.82) is 0 Å². The zero-order valence-electron chi connectivity index (χ0n) is 24.0. The SMILES string of the molecule is CC(=O)O[C@H]1CC[C@@]2(C)C(CCC3C2CC[C@@]2(C)C3CC[C@@H]2C(C)NCCNC(=O)OC(C)(C)C)C1. The van der Waals surface area contributed by atoms with Crippen molar-refractivity contribution in [1.82, 2.24) is 10.6 Å². The minimum absolute atomic E-state index is 0.119. The summed E-state index contributed by atoms with van der Waals surface area (Å²) in [7, 11) is 0. The maximum absolute atomic E-state index is 11.9. The molecule has 4 fully saturated rings. The second-order valence-electron chi connectivity index (χ2n) is 14.1. The summed E-state index contributed by atoms with van der Waals surface area (Å²) >= 11 is 0. The molecule has 5 unspecified atom stereocenters. The lowest BCUT2D eigenvalue weighted by Crippen LogP contribution is -2.55. The average Bonchev–Trinajstić information content (AvgIpc) is 3.12. The van der Waals surface area contributed by atoms with Gasteiger partial charge >= 0.3 is 12.1 Å².